The van der Waals surface area contributed by atoms with E-state index in [0.717, 1.165) is 22.4 Å². The van der Waals surface area contributed by atoms with E-state index in [4.69, 9.17) is 0 Å². The van der Waals surface area contributed by atoms with Crippen molar-refractivity contribution in [2.45, 2.75) is 0 Å². The van der Waals surface area contributed by atoms with Crippen LogP contribution in [0.1, 0.15) is 0 Å². The zero-order valence-electron chi connectivity index (χ0n) is 9.69. The number of benzene rings is 1. The smallest absolute Gasteiger partial charge is 0.115 e. The molecule has 86 valence electrons. The van der Waals surface area contributed by atoms with Gasteiger partial charge in [0.15, 0.2) is 0 Å². The van der Waals surface area contributed by atoms with Crippen LogP contribution in [0.5, 0.6) is 0 Å². The van der Waals surface area contributed by atoms with Crippen molar-refractivity contribution in [3.05, 3.63) is 67.4 Å². The third kappa shape index (κ3) is 2.11. The molecule has 2 heterocycles. The van der Waals surface area contributed by atoms with Crippen molar-refractivity contribution in [1.29, 1.82) is 0 Å². The molecule has 0 atom stereocenters. The van der Waals surface area contributed by atoms with Crippen molar-refractivity contribution in [3.8, 4) is 22.4 Å². The number of pyridine rings is 1. The molecule has 0 saturated heterocycles. The SMILES string of the molecule is c1ccc(-c2ccc(-c3cncnc3)cn2)cc1. The Kier molecular flexibility index (Phi) is 2.80. The van der Waals surface area contributed by atoms with E-state index in [9.17, 15) is 0 Å². The summed E-state index contributed by atoms with van der Waals surface area (Å²) in [4.78, 5) is 12.5. The van der Waals surface area contributed by atoms with E-state index in [1.54, 1.807) is 12.4 Å². The molecule has 0 spiro atoms. The number of hydrogen-bond donors (Lipinski definition) is 0. The van der Waals surface area contributed by atoms with E-state index in [1.807, 2.05) is 48.7 Å². The van der Waals surface area contributed by atoms with Gasteiger partial charge in [-0.05, 0) is 6.07 Å². The minimum Gasteiger partial charge on any atom is -0.256 e. The fourth-order valence-electron chi connectivity index (χ4n) is 1.79. The van der Waals surface area contributed by atoms with E-state index >= 15 is 0 Å². The van der Waals surface area contributed by atoms with Crippen molar-refractivity contribution in [2.24, 2.45) is 0 Å². The lowest BCUT2D eigenvalue weighted by Gasteiger charge is -2.03. The molecule has 18 heavy (non-hydrogen) atoms. The number of hydrogen-bond acceptors (Lipinski definition) is 3. The molecule has 2 aromatic heterocycles. The van der Waals surface area contributed by atoms with E-state index in [0.29, 0.717) is 0 Å². The van der Waals surface area contributed by atoms with Gasteiger partial charge in [0.25, 0.3) is 0 Å². The highest BCUT2D eigenvalue weighted by Gasteiger charge is 2.01. The Balaban J connectivity index is 1.95. The maximum Gasteiger partial charge on any atom is 0.115 e. The predicted molar refractivity (Wildman–Crippen MR) is 70.7 cm³/mol. The molecule has 0 fully saturated rings. The summed E-state index contributed by atoms with van der Waals surface area (Å²) in [7, 11) is 0. The molecule has 0 saturated carbocycles. The first-order valence-corrected chi connectivity index (χ1v) is 5.70. The van der Waals surface area contributed by atoms with Gasteiger partial charge in [-0.1, -0.05) is 36.4 Å². The van der Waals surface area contributed by atoms with Crippen LogP contribution in [0.25, 0.3) is 22.4 Å². The molecule has 0 radical (unpaired) electrons. The second-order valence-electron chi connectivity index (χ2n) is 3.93. The van der Waals surface area contributed by atoms with E-state index in [2.05, 4.69) is 15.0 Å². The van der Waals surface area contributed by atoms with Gasteiger partial charge in [0.2, 0.25) is 0 Å². The molecule has 0 unspecified atom stereocenters. The van der Waals surface area contributed by atoms with Gasteiger partial charge >= 0.3 is 0 Å². The molecule has 3 heteroatoms. The standard InChI is InChI=1S/C15H11N3/c1-2-4-12(5-3-1)15-7-6-13(10-18-15)14-8-16-11-17-9-14/h1-11H. The molecule has 3 aromatic rings. The Morgan fingerprint density at radius 1 is 0.611 bits per heavy atom. The van der Waals surface area contributed by atoms with E-state index < -0.39 is 0 Å². The van der Waals surface area contributed by atoms with Crippen LogP contribution in [-0.4, -0.2) is 15.0 Å². The zero-order chi connectivity index (χ0) is 12.2. The van der Waals surface area contributed by atoms with E-state index in [1.165, 1.54) is 6.33 Å². The molecule has 0 N–H and O–H groups in total. The third-order valence-electron chi connectivity index (χ3n) is 2.73. The minimum atomic E-state index is 0.969. The summed E-state index contributed by atoms with van der Waals surface area (Å²) in [5.74, 6) is 0. The van der Waals surface area contributed by atoms with Crippen LogP contribution in [0.3, 0.4) is 0 Å². The van der Waals surface area contributed by atoms with Crippen molar-refractivity contribution < 1.29 is 0 Å². The van der Waals surface area contributed by atoms with Gasteiger partial charge in [0.1, 0.15) is 6.33 Å². The van der Waals surface area contributed by atoms with Gasteiger partial charge in [0.05, 0.1) is 5.69 Å². The average molecular weight is 233 g/mol. The summed E-state index contributed by atoms with van der Waals surface area (Å²) in [6, 6.07) is 14.2. The molecule has 0 bridgehead atoms. The lowest BCUT2D eigenvalue weighted by molar-refractivity contribution is 1.17. The molecule has 0 aliphatic heterocycles. The quantitative estimate of drug-likeness (QED) is 0.682. The van der Waals surface area contributed by atoms with Crippen LogP contribution >= 0.6 is 0 Å². The first kappa shape index (κ1) is 10.6. The number of rotatable bonds is 2. The molecule has 0 aliphatic rings. The predicted octanol–water partition coefficient (Wildman–Crippen LogP) is 3.21. The van der Waals surface area contributed by atoms with Crippen LogP contribution in [0, 0.1) is 0 Å². The van der Waals surface area contributed by atoms with Crippen LogP contribution in [0.2, 0.25) is 0 Å². The number of aromatic nitrogens is 3. The Bertz CT molecular complexity index is 560. The zero-order valence-corrected chi connectivity index (χ0v) is 9.69. The largest absolute Gasteiger partial charge is 0.256 e. The molecule has 0 amide bonds. The van der Waals surface area contributed by atoms with Gasteiger partial charge in [-0.25, -0.2) is 9.97 Å². The first-order chi connectivity index (χ1) is 8.93. The second-order valence-corrected chi connectivity index (χ2v) is 3.93. The van der Waals surface area contributed by atoms with Gasteiger partial charge in [-0.3, -0.25) is 4.98 Å². The van der Waals surface area contributed by atoms with Gasteiger partial charge in [-0.2, -0.15) is 0 Å². The summed E-state index contributed by atoms with van der Waals surface area (Å²) in [5.41, 5.74) is 4.09. The second kappa shape index (κ2) is 4.75. The van der Waals surface area contributed by atoms with Gasteiger partial charge < -0.3 is 0 Å². The highest BCUT2D eigenvalue weighted by Crippen LogP contribution is 2.20. The molecule has 3 nitrogen and oxygen atoms in total. The molecule has 0 aliphatic carbocycles. The average Bonchev–Trinajstić information content (AvgIpc) is 2.49. The van der Waals surface area contributed by atoms with Crippen LogP contribution in [0.4, 0.5) is 0 Å². The summed E-state index contributed by atoms with van der Waals surface area (Å²) < 4.78 is 0. The van der Waals surface area contributed by atoms with E-state index in [-0.39, 0.29) is 0 Å². The summed E-state index contributed by atoms with van der Waals surface area (Å²) >= 11 is 0. The lowest BCUT2D eigenvalue weighted by Crippen LogP contribution is -1.86. The van der Waals surface area contributed by atoms with Crippen LogP contribution < -0.4 is 0 Å². The first-order valence-electron chi connectivity index (χ1n) is 5.70. The Morgan fingerprint density at radius 2 is 1.39 bits per heavy atom. The summed E-state index contributed by atoms with van der Waals surface area (Å²) in [6.45, 7) is 0. The topological polar surface area (TPSA) is 38.7 Å². The van der Waals surface area contributed by atoms with Crippen molar-refractivity contribution in [3.63, 3.8) is 0 Å². The molecule has 1 aromatic carbocycles. The van der Waals surface area contributed by atoms with Gasteiger partial charge in [0, 0.05) is 35.3 Å². The highest BCUT2D eigenvalue weighted by atomic mass is 14.8. The Morgan fingerprint density at radius 3 is 2.06 bits per heavy atom. The van der Waals surface area contributed by atoms with Crippen LogP contribution in [0.15, 0.2) is 67.4 Å². The summed E-state index contributed by atoms with van der Waals surface area (Å²) in [5, 5.41) is 0. The Labute approximate surface area is 105 Å². The van der Waals surface area contributed by atoms with Crippen molar-refractivity contribution in [1.82, 2.24) is 15.0 Å². The molecular weight excluding hydrogens is 222 g/mol. The monoisotopic (exact) mass is 233 g/mol. The fraction of sp³-hybridized carbons (Fsp3) is 0. The Hall–Kier alpha value is -2.55. The highest BCUT2D eigenvalue weighted by molar-refractivity contribution is 5.65. The third-order valence-corrected chi connectivity index (χ3v) is 2.73. The maximum atomic E-state index is 4.47. The fourth-order valence-corrected chi connectivity index (χ4v) is 1.79. The number of nitrogens with zero attached hydrogens (tertiary/aromatic N) is 3. The normalized spacial score (nSPS) is 10.2. The lowest BCUT2D eigenvalue weighted by atomic mass is 10.1. The molecular formula is C15H11N3. The van der Waals surface area contributed by atoms with Gasteiger partial charge in [-0.15, -0.1) is 0 Å². The maximum absolute atomic E-state index is 4.47. The van der Waals surface area contributed by atoms with Crippen molar-refractivity contribution >= 4 is 0 Å². The van der Waals surface area contributed by atoms with Crippen molar-refractivity contribution in [2.75, 3.05) is 0 Å². The summed E-state index contributed by atoms with van der Waals surface area (Å²) in [6.07, 6.45) is 6.94. The van der Waals surface area contributed by atoms with Crippen LogP contribution in [-0.2, 0) is 0 Å². The minimum absolute atomic E-state index is 0.969. The molecule has 3 rings (SSSR count).